The largest absolute Gasteiger partial charge is 0.494 e. The molecule has 1 aromatic carbocycles. The molecule has 1 heterocycles. The summed E-state index contributed by atoms with van der Waals surface area (Å²) >= 11 is 0. The first-order valence-corrected chi connectivity index (χ1v) is 7.72. The van der Waals surface area contributed by atoms with Crippen LogP contribution in [0.2, 0.25) is 0 Å². The average molecular weight is 332 g/mol. The van der Waals surface area contributed by atoms with Gasteiger partial charge in [0.15, 0.2) is 0 Å². The van der Waals surface area contributed by atoms with Crippen LogP contribution in [0.1, 0.15) is 39.3 Å². The van der Waals surface area contributed by atoms with E-state index in [2.05, 4.69) is 20.8 Å². The van der Waals surface area contributed by atoms with Crippen molar-refractivity contribution in [2.24, 2.45) is 0 Å². The van der Waals surface area contributed by atoms with Crippen molar-refractivity contribution in [2.45, 2.75) is 39.3 Å². The Labute approximate surface area is 141 Å². The highest BCUT2D eigenvalue weighted by atomic mass is 16.6. The van der Waals surface area contributed by atoms with Crippen LogP contribution in [-0.4, -0.2) is 29.0 Å². The number of hydrogen-bond acceptors (Lipinski definition) is 5. The second-order valence-electron chi connectivity index (χ2n) is 6.44. The second-order valence-corrected chi connectivity index (χ2v) is 6.44. The van der Waals surface area contributed by atoms with Crippen molar-refractivity contribution < 1.29 is 14.3 Å². The van der Waals surface area contributed by atoms with E-state index in [1.807, 2.05) is 46.0 Å². The highest BCUT2D eigenvalue weighted by Gasteiger charge is 2.18. The monoisotopic (exact) mass is 332 g/mol. The standard InChI is InChI=1S/C17H24N4O3/c1-11(12-9-18-19-10-12)20-13-6-7-14(15(8-13)23-5)21-16(22)24-17(2,3)4/h6-11,20H,1-5H3,(H,18,19)(H,21,22). The van der Waals surface area contributed by atoms with E-state index in [0.717, 1.165) is 11.3 Å². The van der Waals surface area contributed by atoms with E-state index in [0.29, 0.717) is 11.4 Å². The van der Waals surface area contributed by atoms with Crippen molar-refractivity contribution >= 4 is 17.5 Å². The Morgan fingerprint density at radius 1 is 1.33 bits per heavy atom. The van der Waals surface area contributed by atoms with Crippen LogP contribution in [0.3, 0.4) is 0 Å². The van der Waals surface area contributed by atoms with Crippen LogP contribution in [0, 0.1) is 0 Å². The molecule has 3 N–H and O–H groups in total. The van der Waals surface area contributed by atoms with Gasteiger partial charge in [-0.15, -0.1) is 0 Å². The third kappa shape index (κ3) is 4.91. The summed E-state index contributed by atoms with van der Waals surface area (Å²) in [6, 6.07) is 5.54. The Morgan fingerprint density at radius 3 is 2.67 bits per heavy atom. The molecular weight excluding hydrogens is 308 g/mol. The summed E-state index contributed by atoms with van der Waals surface area (Å²) in [5.74, 6) is 0.547. The quantitative estimate of drug-likeness (QED) is 0.772. The molecule has 0 aliphatic carbocycles. The molecule has 24 heavy (non-hydrogen) atoms. The number of hydrogen-bond donors (Lipinski definition) is 3. The SMILES string of the molecule is COc1cc(NC(C)c2cn[nH]c2)ccc1NC(=O)OC(C)(C)C. The normalized spacial score (nSPS) is 12.4. The molecule has 1 unspecified atom stereocenters. The van der Waals surface area contributed by atoms with Crippen LogP contribution in [0.4, 0.5) is 16.2 Å². The molecule has 0 spiro atoms. The van der Waals surface area contributed by atoms with Gasteiger partial charge in [0, 0.05) is 23.5 Å². The number of carbonyl (C=O) groups is 1. The molecule has 130 valence electrons. The zero-order chi connectivity index (χ0) is 17.7. The van der Waals surface area contributed by atoms with Gasteiger partial charge in [-0.25, -0.2) is 4.79 Å². The molecule has 0 saturated carbocycles. The van der Waals surface area contributed by atoms with E-state index in [-0.39, 0.29) is 6.04 Å². The lowest BCUT2D eigenvalue weighted by atomic mass is 10.1. The van der Waals surface area contributed by atoms with Gasteiger partial charge >= 0.3 is 6.09 Å². The fourth-order valence-electron chi connectivity index (χ4n) is 2.13. The van der Waals surface area contributed by atoms with Crippen molar-refractivity contribution in [1.29, 1.82) is 0 Å². The van der Waals surface area contributed by atoms with E-state index < -0.39 is 11.7 Å². The van der Waals surface area contributed by atoms with Gasteiger partial charge < -0.3 is 14.8 Å². The van der Waals surface area contributed by atoms with Gasteiger partial charge in [0.25, 0.3) is 0 Å². The number of nitrogens with one attached hydrogen (secondary N) is 3. The number of carbonyl (C=O) groups excluding carboxylic acids is 1. The number of aromatic amines is 1. The molecule has 0 aliphatic rings. The summed E-state index contributed by atoms with van der Waals surface area (Å²) in [4.78, 5) is 11.9. The van der Waals surface area contributed by atoms with Crippen molar-refractivity contribution in [1.82, 2.24) is 10.2 Å². The van der Waals surface area contributed by atoms with Crippen LogP contribution < -0.4 is 15.4 Å². The molecular formula is C17H24N4O3. The van der Waals surface area contributed by atoms with E-state index >= 15 is 0 Å². The van der Waals surface area contributed by atoms with E-state index in [4.69, 9.17) is 9.47 Å². The molecule has 1 amide bonds. The van der Waals surface area contributed by atoms with Gasteiger partial charge in [-0.3, -0.25) is 10.4 Å². The number of ether oxygens (including phenoxy) is 2. The van der Waals surface area contributed by atoms with Gasteiger partial charge in [0.1, 0.15) is 11.4 Å². The molecule has 1 aromatic heterocycles. The second kappa shape index (κ2) is 7.25. The summed E-state index contributed by atoms with van der Waals surface area (Å²) in [6.07, 6.45) is 3.09. The molecule has 7 heteroatoms. The lowest BCUT2D eigenvalue weighted by Crippen LogP contribution is -2.27. The average Bonchev–Trinajstić information content (AvgIpc) is 3.01. The number of rotatable bonds is 5. The molecule has 0 aliphatic heterocycles. The van der Waals surface area contributed by atoms with Crippen molar-refractivity contribution in [3.05, 3.63) is 36.2 Å². The molecule has 0 bridgehead atoms. The summed E-state index contributed by atoms with van der Waals surface area (Å²) in [6.45, 7) is 7.47. The van der Waals surface area contributed by atoms with Crippen LogP contribution in [-0.2, 0) is 4.74 Å². The highest BCUT2D eigenvalue weighted by Crippen LogP contribution is 2.30. The van der Waals surface area contributed by atoms with Crippen LogP contribution >= 0.6 is 0 Å². The Morgan fingerprint density at radius 2 is 2.08 bits per heavy atom. The maximum Gasteiger partial charge on any atom is 0.412 e. The Kier molecular flexibility index (Phi) is 5.33. The number of anilines is 2. The van der Waals surface area contributed by atoms with Gasteiger partial charge in [0.05, 0.1) is 25.0 Å². The summed E-state index contributed by atoms with van der Waals surface area (Å²) in [5.41, 5.74) is 1.91. The van der Waals surface area contributed by atoms with Gasteiger partial charge in [-0.05, 0) is 39.8 Å². The van der Waals surface area contributed by atoms with E-state index in [9.17, 15) is 4.79 Å². The van der Waals surface area contributed by atoms with Gasteiger partial charge in [-0.1, -0.05) is 0 Å². The predicted molar refractivity (Wildman–Crippen MR) is 93.5 cm³/mol. The zero-order valence-corrected chi connectivity index (χ0v) is 14.6. The topological polar surface area (TPSA) is 88.3 Å². The maximum atomic E-state index is 11.9. The lowest BCUT2D eigenvalue weighted by molar-refractivity contribution is 0.0635. The first-order chi connectivity index (χ1) is 11.3. The number of methoxy groups -OCH3 is 1. The minimum Gasteiger partial charge on any atom is -0.494 e. The highest BCUT2D eigenvalue weighted by molar-refractivity contribution is 5.87. The first-order valence-electron chi connectivity index (χ1n) is 7.72. The van der Waals surface area contributed by atoms with Crippen LogP contribution in [0.15, 0.2) is 30.6 Å². The van der Waals surface area contributed by atoms with Gasteiger partial charge in [-0.2, -0.15) is 5.10 Å². The minimum atomic E-state index is -0.557. The molecule has 0 radical (unpaired) electrons. The molecule has 0 saturated heterocycles. The summed E-state index contributed by atoms with van der Waals surface area (Å²) in [7, 11) is 1.55. The van der Waals surface area contributed by atoms with Gasteiger partial charge in [0.2, 0.25) is 0 Å². The van der Waals surface area contributed by atoms with E-state index in [1.54, 1.807) is 19.4 Å². The number of nitrogens with zero attached hydrogens (tertiary/aromatic N) is 1. The molecule has 1 atom stereocenters. The van der Waals surface area contributed by atoms with Crippen LogP contribution in [0.5, 0.6) is 5.75 Å². The van der Waals surface area contributed by atoms with E-state index in [1.165, 1.54) is 0 Å². The maximum absolute atomic E-state index is 11.9. The molecule has 7 nitrogen and oxygen atoms in total. The third-order valence-corrected chi connectivity index (χ3v) is 3.24. The third-order valence-electron chi connectivity index (χ3n) is 3.24. The Balaban J connectivity index is 2.08. The number of H-pyrrole nitrogens is 1. The van der Waals surface area contributed by atoms with Crippen molar-refractivity contribution in [3.8, 4) is 5.75 Å². The first kappa shape index (κ1) is 17.7. The molecule has 2 aromatic rings. The fourth-order valence-corrected chi connectivity index (χ4v) is 2.13. The predicted octanol–water partition coefficient (Wildman–Crippen LogP) is 3.94. The number of amides is 1. The van der Waals surface area contributed by atoms with Crippen LogP contribution in [0.25, 0.3) is 0 Å². The Bertz CT molecular complexity index is 678. The lowest BCUT2D eigenvalue weighted by Gasteiger charge is -2.21. The smallest absolute Gasteiger partial charge is 0.412 e. The minimum absolute atomic E-state index is 0.0816. The fraction of sp³-hybridized carbons (Fsp3) is 0.412. The Hall–Kier alpha value is -2.70. The molecule has 0 fully saturated rings. The number of benzene rings is 1. The van der Waals surface area contributed by atoms with Crippen molar-refractivity contribution in [2.75, 3.05) is 17.7 Å². The summed E-state index contributed by atoms with van der Waals surface area (Å²) in [5, 5.41) is 12.8. The summed E-state index contributed by atoms with van der Waals surface area (Å²) < 4.78 is 10.6. The molecule has 2 rings (SSSR count). The van der Waals surface area contributed by atoms with Crippen molar-refractivity contribution in [3.63, 3.8) is 0 Å². The number of aromatic nitrogens is 2. The zero-order valence-electron chi connectivity index (χ0n) is 14.6.